The first kappa shape index (κ1) is 11.9. The van der Waals surface area contributed by atoms with Crippen molar-refractivity contribution in [2.75, 3.05) is 13.1 Å². The van der Waals surface area contributed by atoms with Crippen molar-refractivity contribution in [3.05, 3.63) is 0 Å². The van der Waals surface area contributed by atoms with Gasteiger partial charge in [-0.05, 0) is 52.0 Å². The standard InChI is InChI=1S/C12H23N3O/c1-11(2)6-3-7-15(11)8-12(14,10(13)16)9-4-5-9/h9H,3-8,14H2,1-2H3,(H2,13,16). The molecule has 4 heteroatoms. The Morgan fingerprint density at radius 3 is 2.50 bits per heavy atom. The lowest BCUT2D eigenvalue weighted by Gasteiger charge is -2.38. The molecule has 1 atom stereocenters. The molecule has 1 aliphatic heterocycles. The quantitative estimate of drug-likeness (QED) is 0.730. The molecule has 4 nitrogen and oxygen atoms in total. The summed E-state index contributed by atoms with van der Waals surface area (Å²) in [5.41, 5.74) is 11.1. The van der Waals surface area contributed by atoms with E-state index in [2.05, 4.69) is 18.7 Å². The molecular weight excluding hydrogens is 202 g/mol. The molecule has 1 unspecified atom stereocenters. The number of carbonyl (C=O) groups is 1. The summed E-state index contributed by atoms with van der Waals surface area (Å²) < 4.78 is 0. The summed E-state index contributed by atoms with van der Waals surface area (Å²) in [4.78, 5) is 13.9. The molecule has 0 bridgehead atoms. The number of hydrogen-bond acceptors (Lipinski definition) is 3. The Labute approximate surface area is 97.3 Å². The van der Waals surface area contributed by atoms with Crippen LogP contribution >= 0.6 is 0 Å². The molecule has 0 aromatic rings. The predicted octanol–water partition coefficient (Wildman–Crippen LogP) is 0.454. The first-order valence-corrected chi connectivity index (χ1v) is 6.20. The molecule has 2 aliphatic rings. The molecule has 0 aromatic heterocycles. The van der Waals surface area contributed by atoms with Crippen LogP contribution in [0.15, 0.2) is 0 Å². The number of nitrogens with zero attached hydrogens (tertiary/aromatic N) is 1. The number of amides is 1. The van der Waals surface area contributed by atoms with Gasteiger partial charge in [0.2, 0.25) is 5.91 Å². The van der Waals surface area contributed by atoms with E-state index in [0.29, 0.717) is 12.5 Å². The fourth-order valence-electron chi connectivity index (χ4n) is 2.78. The second-order valence-electron chi connectivity index (χ2n) is 6.02. The Morgan fingerprint density at radius 1 is 1.50 bits per heavy atom. The third kappa shape index (κ3) is 1.96. The number of rotatable bonds is 4. The summed E-state index contributed by atoms with van der Waals surface area (Å²) in [6, 6.07) is 0. The minimum atomic E-state index is -0.804. The maximum Gasteiger partial charge on any atom is 0.239 e. The molecule has 2 fully saturated rings. The van der Waals surface area contributed by atoms with Crippen molar-refractivity contribution in [1.29, 1.82) is 0 Å². The maximum atomic E-state index is 11.6. The summed E-state index contributed by atoms with van der Waals surface area (Å²) in [6.45, 7) is 6.09. The van der Waals surface area contributed by atoms with E-state index in [0.717, 1.165) is 19.4 Å². The Balaban J connectivity index is 2.09. The average Bonchev–Trinajstić information content (AvgIpc) is 2.94. The topological polar surface area (TPSA) is 72.3 Å². The van der Waals surface area contributed by atoms with Crippen molar-refractivity contribution < 1.29 is 4.79 Å². The van der Waals surface area contributed by atoms with E-state index < -0.39 is 5.54 Å². The second kappa shape index (κ2) is 3.70. The van der Waals surface area contributed by atoms with Crippen molar-refractivity contribution in [3.63, 3.8) is 0 Å². The number of hydrogen-bond donors (Lipinski definition) is 2. The lowest BCUT2D eigenvalue weighted by Crippen LogP contribution is -2.62. The molecule has 4 N–H and O–H groups in total. The van der Waals surface area contributed by atoms with E-state index in [1.807, 2.05) is 0 Å². The first-order chi connectivity index (χ1) is 7.36. The highest BCUT2D eigenvalue weighted by Crippen LogP contribution is 2.40. The number of carbonyl (C=O) groups excluding carboxylic acids is 1. The fourth-order valence-corrected chi connectivity index (χ4v) is 2.78. The summed E-state index contributed by atoms with van der Waals surface area (Å²) in [7, 11) is 0. The van der Waals surface area contributed by atoms with Gasteiger partial charge < -0.3 is 11.5 Å². The van der Waals surface area contributed by atoms with Gasteiger partial charge in [0, 0.05) is 12.1 Å². The number of likely N-dealkylation sites (tertiary alicyclic amines) is 1. The third-order valence-electron chi connectivity index (χ3n) is 4.29. The zero-order valence-corrected chi connectivity index (χ0v) is 10.3. The van der Waals surface area contributed by atoms with Gasteiger partial charge in [0.15, 0.2) is 0 Å². The van der Waals surface area contributed by atoms with Crippen molar-refractivity contribution in [2.24, 2.45) is 17.4 Å². The average molecular weight is 225 g/mol. The highest BCUT2D eigenvalue weighted by atomic mass is 16.1. The normalized spacial score (nSPS) is 28.9. The van der Waals surface area contributed by atoms with Crippen LogP contribution in [0.1, 0.15) is 39.5 Å². The third-order valence-corrected chi connectivity index (χ3v) is 4.29. The van der Waals surface area contributed by atoms with Crippen molar-refractivity contribution in [1.82, 2.24) is 4.90 Å². The zero-order valence-electron chi connectivity index (χ0n) is 10.3. The molecule has 16 heavy (non-hydrogen) atoms. The molecule has 0 radical (unpaired) electrons. The summed E-state index contributed by atoms with van der Waals surface area (Å²) in [6.07, 6.45) is 4.46. The number of nitrogens with two attached hydrogens (primary N) is 2. The predicted molar refractivity (Wildman–Crippen MR) is 63.7 cm³/mol. The van der Waals surface area contributed by atoms with Crippen molar-refractivity contribution in [2.45, 2.75) is 50.6 Å². The largest absolute Gasteiger partial charge is 0.368 e. The Bertz CT molecular complexity index is 299. The van der Waals surface area contributed by atoms with E-state index in [1.165, 1.54) is 12.8 Å². The van der Waals surface area contributed by atoms with Crippen molar-refractivity contribution in [3.8, 4) is 0 Å². The second-order valence-corrected chi connectivity index (χ2v) is 6.02. The molecule has 92 valence electrons. The van der Waals surface area contributed by atoms with Gasteiger partial charge in [-0.2, -0.15) is 0 Å². The Morgan fingerprint density at radius 2 is 2.12 bits per heavy atom. The van der Waals surface area contributed by atoms with Crippen LogP contribution in [-0.4, -0.2) is 35.0 Å². The molecular formula is C12H23N3O. The van der Waals surface area contributed by atoms with Gasteiger partial charge in [0.05, 0.1) is 0 Å². The summed E-state index contributed by atoms with van der Waals surface area (Å²) in [5, 5.41) is 0. The smallest absolute Gasteiger partial charge is 0.239 e. The van der Waals surface area contributed by atoms with E-state index >= 15 is 0 Å². The highest BCUT2D eigenvalue weighted by Gasteiger charge is 2.49. The molecule has 1 heterocycles. The van der Waals surface area contributed by atoms with Crippen molar-refractivity contribution >= 4 is 5.91 Å². The summed E-state index contributed by atoms with van der Waals surface area (Å²) in [5.74, 6) is -0.0286. The van der Waals surface area contributed by atoms with Crippen LogP contribution in [-0.2, 0) is 4.79 Å². The van der Waals surface area contributed by atoms with Gasteiger partial charge in [-0.1, -0.05) is 0 Å². The van der Waals surface area contributed by atoms with Crippen LogP contribution in [0.3, 0.4) is 0 Å². The van der Waals surface area contributed by atoms with Gasteiger partial charge in [0.1, 0.15) is 5.54 Å². The van der Waals surface area contributed by atoms with Crippen LogP contribution in [0.2, 0.25) is 0 Å². The Hall–Kier alpha value is -0.610. The Kier molecular flexibility index (Phi) is 2.75. The number of primary amides is 1. The van der Waals surface area contributed by atoms with Gasteiger partial charge >= 0.3 is 0 Å². The minimum absolute atomic E-state index is 0.162. The summed E-state index contributed by atoms with van der Waals surface area (Å²) >= 11 is 0. The molecule has 2 rings (SSSR count). The lowest BCUT2D eigenvalue weighted by molar-refractivity contribution is -0.125. The van der Waals surface area contributed by atoms with Crippen LogP contribution in [0.4, 0.5) is 0 Å². The molecule has 0 spiro atoms. The first-order valence-electron chi connectivity index (χ1n) is 6.20. The van der Waals surface area contributed by atoms with Crippen LogP contribution in [0.25, 0.3) is 0 Å². The van der Waals surface area contributed by atoms with E-state index in [-0.39, 0.29) is 11.4 Å². The zero-order chi connectivity index (χ0) is 12.0. The molecule has 1 saturated heterocycles. The monoisotopic (exact) mass is 225 g/mol. The van der Waals surface area contributed by atoms with E-state index in [9.17, 15) is 4.79 Å². The van der Waals surface area contributed by atoms with Crippen LogP contribution < -0.4 is 11.5 Å². The SMILES string of the molecule is CC1(C)CCCN1CC(N)(C(N)=O)C1CC1. The van der Waals surface area contributed by atoms with Gasteiger partial charge in [-0.25, -0.2) is 0 Å². The minimum Gasteiger partial charge on any atom is -0.368 e. The van der Waals surface area contributed by atoms with Gasteiger partial charge in [-0.3, -0.25) is 9.69 Å². The molecule has 1 saturated carbocycles. The van der Waals surface area contributed by atoms with E-state index in [1.54, 1.807) is 0 Å². The lowest BCUT2D eigenvalue weighted by atomic mass is 9.91. The maximum absolute atomic E-state index is 11.6. The van der Waals surface area contributed by atoms with Crippen LogP contribution in [0.5, 0.6) is 0 Å². The van der Waals surface area contributed by atoms with E-state index in [4.69, 9.17) is 11.5 Å². The van der Waals surface area contributed by atoms with Gasteiger partial charge in [-0.15, -0.1) is 0 Å². The van der Waals surface area contributed by atoms with Gasteiger partial charge in [0.25, 0.3) is 0 Å². The van der Waals surface area contributed by atoms with Crippen LogP contribution in [0, 0.1) is 5.92 Å². The molecule has 0 aromatic carbocycles. The highest BCUT2D eigenvalue weighted by molar-refractivity contribution is 5.85. The fraction of sp³-hybridized carbons (Fsp3) is 0.917. The molecule has 1 amide bonds. The molecule has 1 aliphatic carbocycles.